The fourth-order valence-corrected chi connectivity index (χ4v) is 1.35. The van der Waals surface area contributed by atoms with E-state index in [-0.39, 0.29) is 11.7 Å². The Kier molecular flexibility index (Phi) is 3.45. The number of hydrogen-bond donors (Lipinski definition) is 0. The summed E-state index contributed by atoms with van der Waals surface area (Å²) in [6.07, 6.45) is 0. The van der Waals surface area contributed by atoms with E-state index in [4.69, 9.17) is 11.6 Å². The van der Waals surface area contributed by atoms with Crippen molar-refractivity contribution in [2.24, 2.45) is 0 Å². The van der Waals surface area contributed by atoms with Crippen molar-refractivity contribution in [3.63, 3.8) is 0 Å². The summed E-state index contributed by atoms with van der Waals surface area (Å²) >= 11 is 8.41. The van der Waals surface area contributed by atoms with Crippen LogP contribution >= 0.6 is 27.5 Å². The summed E-state index contributed by atoms with van der Waals surface area (Å²) in [6.45, 7) is 1.72. The van der Waals surface area contributed by atoms with Gasteiger partial charge in [-0.05, 0) is 40.5 Å². The minimum atomic E-state index is -0.437. The quantitative estimate of drug-likeness (QED) is 0.592. The number of carbonyl (C=O) groups is 1. The lowest BCUT2D eigenvalue weighted by Crippen LogP contribution is -2.01. The molecule has 0 saturated carbocycles. The van der Waals surface area contributed by atoms with Gasteiger partial charge >= 0.3 is 0 Å². The normalized spacial score (nSPS) is 10.2. The monoisotopic (exact) mass is 264 g/mol. The van der Waals surface area contributed by atoms with Crippen LogP contribution in [0.3, 0.4) is 0 Å². The molecule has 1 nitrogen and oxygen atoms in total. The summed E-state index contributed by atoms with van der Waals surface area (Å²) in [5, 5.41) is 0. The largest absolute Gasteiger partial charge is 0.293 e. The maximum Gasteiger partial charge on any atom is 0.177 e. The smallest absolute Gasteiger partial charge is 0.177 e. The minimum Gasteiger partial charge on any atom is -0.293 e. The number of hydrogen-bond acceptors (Lipinski definition) is 1. The molecular weight excluding hydrogens is 258 g/mol. The number of aryl methyl sites for hydroxylation is 1. The fraction of sp³-hybridized carbons (Fsp3) is 0.222. The summed E-state index contributed by atoms with van der Waals surface area (Å²) < 4.78 is 13.5. The van der Waals surface area contributed by atoms with E-state index in [0.717, 1.165) is 0 Å². The van der Waals surface area contributed by atoms with Gasteiger partial charge in [0.2, 0.25) is 0 Å². The molecule has 0 N–H and O–H groups in total. The molecule has 0 atom stereocenters. The predicted molar refractivity (Wildman–Crippen MR) is 53.9 cm³/mol. The van der Waals surface area contributed by atoms with E-state index in [9.17, 15) is 9.18 Å². The number of carbonyl (C=O) groups excluding carboxylic acids is 1. The second kappa shape index (κ2) is 4.20. The number of halogens is 3. The number of ketones is 1. The molecule has 0 radical (unpaired) electrons. The van der Waals surface area contributed by atoms with E-state index >= 15 is 0 Å². The lowest BCUT2D eigenvalue weighted by molar-refractivity contribution is 0.102. The van der Waals surface area contributed by atoms with Gasteiger partial charge in [0.1, 0.15) is 5.82 Å². The number of alkyl halides is 1. The molecule has 13 heavy (non-hydrogen) atoms. The Bertz CT molecular complexity index is 328. The molecule has 1 aromatic carbocycles. The highest BCUT2D eigenvalue weighted by molar-refractivity contribution is 9.10. The van der Waals surface area contributed by atoms with Gasteiger partial charge in [0.15, 0.2) is 5.78 Å². The molecular formula is C9H7BrClFO. The number of rotatable bonds is 2. The predicted octanol–water partition coefficient (Wildman–Crippen LogP) is 3.32. The van der Waals surface area contributed by atoms with Crippen molar-refractivity contribution in [2.45, 2.75) is 6.92 Å². The van der Waals surface area contributed by atoms with Crippen LogP contribution in [0.5, 0.6) is 0 Å². The molecule has 0 heterocycles. The lowest BCUT2D eigenvalue weighted by atomic mass is 10.1. The van der Waals surface area contributed by atoms with Crippen molar-refractivity contribution in [3.8, 4) is 0 Å². The zero-order chi connectivity index (χ0) is 10.0. The molecule has 70 valence electrons. The van der Waals surface area contributed by atoms with Crippen molar-refractivity contribution < 1.29 is 9.18 Å². The zero-order valence-corrected chi connectivity index (χ0v) is 9.25. The summed E-state index contributed by atoms with van der Waals surface area (Å²) in [5.74, 6) is -0.829. The zero-order valence-electron chi connectivity index (χ0n) is 6.90. The Morgan fingerprint density at radius 2 is 2.23 bits per heavy atom. The summed E-state index contributed by atoms with van der Waals surface area (Å²) in [4.78, 5) is 11.1. The van der Waals surface area contributed by atoms with Crippen LogP contribution in [0.2, 0.25) is 0 Å². The van der Waals surface area contributed by atoms with E-state index in [0.29, 0.717) is 15.6 Å². The second-order valence-electron chi connectivity index (χ2n) is 2.65. The van der Waals surface area contributed by atoms with Crippen LogP contribution in [0.15, 0.2) is 16.6 Å². The van der Waals surface area contributed by atoms with Gasteiger partial charge in [0.05, 0.1) is 10.4 Å². The Morgan fingerprint density at radius 3 is 2.69 bits per heavy atom. The van der Waals surface area contributed by atoms with Gasteiger partial charge in [-0.2, -0.15) is 0 Å². The molecule has 1 rings (SSSR count). The third kappa shape index (κ3) is 2.29. The Hall–Kier alpha value is -0.410. The molecule has 0 amide bonds. The first kappa shape index (κ1) is 10.7. The van der Waals surface area contributed by atoms with Crippen LogP contribution in [-0.2, 0) is 0 Å². The maximum absolute atomic E-state index is 13.1. The molecule has 0 spiro atoms. The minimum absolute atomic E-state index is 0.124. The van der Waals surface area contributed by atoms with Crippen molar-refractivity contribution in [1.29, 1.82) is 0 Å². The Labute approximate surface area is 89.0 Å². The Balaban J connectivity index is 3.20. The molecule has 0 aliphatic carbocycles. The van der Waals surface area contributed by atoms with Crippen molar-refractivity contribution >= 4 is 33.3 Å². The average Bonchev–Trinajstić information content (AvgIpc) is 2.12. The van der Waals surface area contributed by atoms with Gasteiger partial charge in [0.25, 0.3) is 0 Å². The highest BCUT2D eigenvalue weighted by Crippen LogP contribution is 2.22. The highest BCUT2D eigenvalue weighted by Gasteiger charge is 2.09. The van der Waals surface area contributed by atoms with Crippen molar-refractivity contribution in [3.05, 3.63) is 33.5 Å². The van der Waals surface area contributed by atoms with E-state index in [1.54, 1.807) is 13.0 Å². The Morgan fingerprint density at radius 1 is 1.62 bits per heavy atom. The van der Waals surface area contributed by atoms with Crippen LogP contribution in [-0.4, -0.2) is 11.7 Å². The highest BCUT2D eigenvalue weighted by atomic mass is 79.9. The van der Waals surface area contributed by atoms with Crippen molar-refractivity contribution in [2.75, 3.05) is 5.88 Å². The summed E-state index contributed by atoms with van der Waals surface area (Å²) in [7, 11) is 0. The second-order valence-corrected chi connectivity index (χ2v) is 3.71. The first-order valence-electron chi connectivity index (χ1n) is 3.61. The van der Waals surface area contributed by atoms with Gasteiger partial charge < -0.3 is 0 Å². The molecule has 0 aliphatic rings. The number of benzene rings is 1. The topological polar surface area (TPSA) is 17.1 Å². The SMILES string of the molecule is Cc1cc(C(=O)CCl)cc(F)c1Br. The van der Waals surface area contributed by atoms with Crippen LogP contribution < -0.4 is 0 Å². The van der Waals surface area contributed by atoms with E-state index in [2.05, 4.69) is 15.9 Å². The average molecular weight is 266 g/mol. The van der Waals surface area contributed by atoms with E-state index in [1.807, 2.05) is 0 Å². The third-order valence-electron chi connectivity index (χ3n) is 1.65. The molecule has 1 aromatic rings. The first-order chi connectivity index (χ1) is 6.06. The molecule has 0 aromatic heterocycles. The summed E-state index contributed by atoms with van der Waals surface area (Å²) in [6, 6.07) is 2.79. The molecule has 0 fully saturated rings. The van der Waals surface area contributed by atoms with Gasteiger partial charge in [-0.15, -0.1) is 11.6 Å². The van der Waals surface area contributed by atoms with Crippen LogP contribution in [0, 0.1) is 12.7 Å². The fourth-order valence-electron chi connectivity index (χ4n) is 0.965. The van der Waals surface area contributed by atoms with E-state index < -0.39 is 5.82 Å². The maximum atomic E-state index is 13.1. The molecule has 0 saturated heterocycles. The lowest BCUT2D eigenvalue weighted by Gasteiger charge is -2.03. The van der Waals surface area contributed by atoms with Gasteiger partial charge in [-0.3, -0.25) is 4.79 Å². The van der Waals surface area contributed by atoms with Crippen LogP contribution in [0.25, 0.3) is 0 Å². The van der Waals surface area contributed by atoms with Crippen LogP contribution in [0.1, 0.15) is 15.9 Å². The summed E-state index contributed by atoms with van der Waals surface area (Å²) in [5.41, 5.74) is 1.00. The van der Waals surface area contributed by atoms with Gasteiger partial charge in [-0.25, -0.2) is 4.39 Å². The third-order valence-corrected chi connectivity index (χ3v) is 2.90. The van der Waals surface area contributed by atoms with E-state index in [1.165, 1.54) is 6.07 Å². The molecule has 0 unspecified atom stereocenters. The molecule has 4 heteroatoms. The molecule has 0 bridgehead atoms. The molecule has 0 aliphatic heterocycles. The number of Topliss-reactive ketones (excluding diaryl/α,β-unsaturated/α-hetero) is 1. The van der Waals surface area contributed by atoms with Crippen molar-refractivity contribution in [1.82, 2.24) is 0 Å². The standard InChI is InChI=1S/C9H7BrClFO/c1-5-2-6(8(13)4-11)3-7(12)9(5)10/h2-3H,4H2,1H3. The first-order valence-corrected chi connectivity index (χ1v) is 4.94. The van der Waals surface area contributed by atoms with Gasteiger partial charge in [0, 0.05) is 5.56 Å². The van der Waals surface area contributed by atoms with Gasteiger partial charge in [-0.1, -0.05) is 0 Å². The van der Waals surface area contributed by atoms with Crippen LogP contribution in [0.4, 0.5) is 4.39 Å².